The largest absolute Gasteiger partial charge is 0.369 e. The van der Waals surface area contributed by atoms with Crippen LogP contribution in [0.5, 0.6) is 0 Å². The highest BCUT2D eigenvalue weighted by atomic mass is 15.2. The number of hydrogen-bond acceptors (Lipinski definition) is 3. The van der Waals surface area contributed by atoms with E-state index in [1.165, 1.54) is 5.56 Å². The molecule has 0 aliphatic carbocycles. The number of nitrogens with two attached hydrogens (primary N) is 1. The quantitative estimate of drug-likeness (QED) is 0.578. The lowest BCUT2D eigenvalue weighted by atomic mass is 10.1. The van der Waals surface area contributed by atoms with E-state index in [2.05, 4.69) is 29.0 Å². The van der Waals surface area contributed by atoms with Crippen molar-refractivity contribution in [2.75, 3.05) is 5.73 Å². The van der Waals surface area contributed by atoms with Crippen LogP contribution < -0.4 is 5.73 Å². The van der Waals surface area contributed by atoms with Gasteiger partial charge in [-0.15, -0.1) is 0 Å². The minimum absolute atomic E-state index is 0.493. The Balaban J connectivity index is 2.14. The van der Waals surface area contributed by atoms with E-state index in [-0.39, 0.29) is 0 Å². The van der Waals surface area contributed by atoms with Crippen molar-refractivity contribution in [3.05, 3.63) is 60.4 Å². The Morgan fingerprint density at radius 1 is 1.10 bits per heavy atom. The zero-order chi connectivity index (χ0) is 14.4. The average Bonchev–Trinajstić information content (AvgIpc) is 2.82. The standard InChI is InChI=1S/C17H14N4/c1-11-5-6-14-16(9-11)21(17(18)20-14)15-4-2-3-12-7-8-19-10-13(12)15/h2-10H,1H3,(H2,18,20). The number of nitrogen functional groups attached to an aromatic ring is 1. The molecule has 2 heterocycles. The summed E-state index contributed by atoms with van der Waals surface area (Å²) in [5, 5.41) is 2.20. The second-order valence-electron chi connectivity index (χ2n) is 5.17. The molecule has 0 atom stereocenters. The van der Waals surface area contributed by atoms with Gasteiger partial charge in [-0.1, -0.05) is 18.2 Å². The molecule has 4 rings (SSSR count). The Kier molecular flexibility index (Phi) is 2.44. The number of rotatable bonds is 1. The summed E-state index contributed by atoms with van der Waals surface area (Å²) in [6, 6.07) is 14.3. The lowest BCUT2D eigenvalue weighted by Crippen LogP contribution is -2.01. The van der Waals surface area contributed by atoms with Crippen molar-refractivity contribution in [3.63, 3.8) is 0 Å². The van der Waals surface area contributed by atoms with Crippen molar-refractivity contribution in [1.82, 2.24) is 14.5 Å². The second-order valence-corrected chi connectivity index (χ2v) is 5.17. The fraction of sp³-hybridized carbons (Fsp3) is 0.0588. The van der Waals surface area contributed by atoms with Crippen molar-refractivity contribution in [2.24, 2.45) is 0 Å². The summed E-state index contributed by atoms with van der Waals surface area (Å²) in [5.74, 6) is 0.493. The Morgan fingerprint density at radius 3 is 2.90 bits per heavy atom. The maximum atomic E-state index is 6.16. The molecule has 0 unspecified atom stereocenters. The van der Waals surface area contributed by atoms with Crippen molar-refractivity contribution in [1.29, 1.82) is 0 Å². The van der Waals surface area contributed by atoms with Crippen LogP contribution in [0.2, 0.25) is 0 Å². The van der Waals surface area contributed by atoms with E-state index >= 15 is 0 Å². The summed E-state index contributed by atoms with van der Waals surface area (Å²) in [7, 11) is 0. The summed E-state index contributed by atoms with van der Waals surface area (Å²) >= 11 is 0. The molecule has 102 valence electrons. The third-order valence-electron chi connectivity index (χ3n) is 3.74. The van der Waals surface area contributed by atoms with Gasteiger partial charge in [0.15, 0.2) is 0 Å². The Hall–Kier alpha value is -2.88. The summed E-state index contributed by atoms with van der Waals surface area (Å²) in [6.45, 7) is 2.07. The summed E-state index contributed by atoms with van der Waals surface area (Å²) in [6.07, 6.45) is 3.66. The number of imidazole rings is 1. The van der Waals surface area contributed by atoms with Crippen LogP contribution in [-0.2, 0) is 0 Å². The molecule has 2 N–H and O–H groups in total. The number of pyridine rings is 1. The van der Waals surface area contributed by atoms with Crippen LogP contribution in [0.1, 0.15) is 5.56 Å². The summed E-state index contributed by atoms with van der Waals surface area (Å²) < 4.78 is 1.99. The van der Waals surface area contributed by atoms with Gasteiger partial charge in [0, 0.05) is 17.8 Å². The highest BCUT2D eigenvalue weighted by molar-refractivity contribution is 5.93. The van der Waals surface area contributed by atoms with Gasteiger partial charge in [-0.25, -0.2) is 4.98 Å². The molecule has 0 radical (unpaired) electrons. The molecule has 21 heavy (non-hydrogen) atoms. The molecule has 2 aromatic heterocycles. The molecule has 0 saturated heterocycles. The van der Waals surface area contributed by atoms with E-state index in [9.17, 15) is 0 Å². The van der Waals surface area contributed by atoms with E-state index in [4.69, 9.17) is 5.73 Å². The molecule has 0 bridgehead atoms. The van der Waals surface area contributed by atoms with Gasteiger partial charge < -0.3 is 5.73 Å². The van der Waals surface area contributed by atoms with Gasteiger partial charge >= 0.3 is 0 Å². The Labute approximate surface area is 121 Å². The van der Waals surface area contributed by atoms with Crippen LogP contribution in [-0.4, -0.2) is 14.5 Å². The monoisotopic (exact) mass is 274 g/mol. The topological polar surface area (TPSA) is 56.7 Å². The first-order valence-corrected chi connectivity index (χ1v) is 6.82. The lowest BCUT2D eigenvalue weighted by Gasteiger charge is -2.10. The maximum absolute atomic E-state index is 6.16. The molecule has 4 heteroatoms. The number of aryl methyl sites for hydroxylation is 1. The van der Waals surface area contributed by atoms with Gasteiger partial charge in [-0.3, -0.25) is 9.55 Å². The molecule has 0 spiro atoms. The van der Waals surface area contributed by atoms with Crippen LogP contribution in [0.15, 0.2) is 54.9 Å². The van der Waals surface area contributed by atoms with E-state index in [1.54, 1.807) is 6.20 Å². The first kappa shape index (κ1) is 11.9. The van der Waals surface area contributed by atoms with E-state index < -0.39 is 0 Å². The Morgan fingerprint density at radius 2 is 2.00 bits per heavy atom. The number of aromatic nitrogens is 3. The van der Waals surface area contributed by atoms with E-state index in [0.29, 0.717) is 5.95 Å². The predicted molar refractivity (Wildman–Crippen MR) is 85.5 cm³/mol. The van der Waals surface area contributed by atoms with Crippen LogP contribution >= 0.6 is 0 Å². The number of hydrogen-bond donors (Lipinski definition) is 1. The molecule has 4 aromatic rings. The second kappa shape index (κ2) is 4.31. The molecule has 0 aliphatic heterocycles. The highest BCUT2D eigenvalue weighted by Crippen LogP contribution is 2.28. The molecule has 4 nitrogen and oxygen atoms in total. The third-order valence-corrected chi connectivity index (χ3v) is 3.74. The van der Waals surface area contributed by atoms with Gasteiger partial charge in [0.1, 0.15) is 0 Å². The number of anilines is 1. The van der Waals surface area contributed by atoms with E-state index in [1.807, 2.05) is 41.1 Å². The summed E-state index contributed by atoms with van der Waals surface area (Å²) in [5.41, 5.74) is 10.3. The zero-order valence-electron chi connectivity index (χ0n) is 11.6. The predicted octanol–water partition coefficient (Wildman–Crippen LogP) is 3.46. The van der Waals surface area contributed by atoms with Crippen LogP contribution in [0, 0.1) is 6.92 Å². The van der Waals surface area contributed by atoms with Crippen LogP contribution in [0.4, 0.5) is 5.95 Å². The Bertz CT molecular complexity index is 964. The van der Waals surface area contributed by atoms with Gasteiger partial charge in [0.05, 0.1) is 16.7 Å². The normalized spacial score (nSPS) is 11.3. The third kappa shape index (κ3) is 1.76. The van der Waals surface area contributed by atoms with Gasteiger partial charge in [-0.2, -0.15) is 0 Å². The first-order chi connectivity index (χ1) is 10.2. The molecule has 0 aliphatic rings. The smallest absolute Gasteiger partial charge is 0.205 e. The van der Waals surface area contributed by atoms with Crippen molar-refractivity contribution in [2.45, 2.75) is 6.92 Å². The number of benzene rings is 2. The molecule has 0 saturated carbocycles. The number of fused-ring (bicyclic) bond motifs is 2. The zero-order valence-corrected chi connectivity index (χ0v) is 11.6. The first-order valence-electron chi connectivity index (χ1n) is 6.82. The minimum Gasteiger partial charge on any atom is -0.369 e. The fourth-order valence-electron chi connectivity index (χ4n) is 2.75. The highest BCUT2D eigenvalue weighted by Gasteiger charge is 2.12. The molecule has 0 fully saturated rings. The number of nitrogens with zero attached hydrogens (tertiary/aromatic N) is 3. The molecular weight excluding hydrogens is 260 g/mol. The van der Waals surface area contributed by atoms with Gasteiger partial charge in [0.2, 0.25) is 5.95 Å². The fourth-order valence-corrected chi connectivity index (χ4v) is 2.75. The molecule has 2 aromatic carbocycles. The molecule has 0 amide bonds. The average molecular weight is 274 g/mol. The van der Waals surface area contributed by atoms with Crippen molar-refractivity contribution < 1.29 is 0 Å². The van der Waals surface area contributed by atoms with Gasteiger partial charge in [-0.05, 0) is 42.1 Å². The lowest BCUT2D eigenvalue weighted by molar-refractivity contribution is 1.12. The van der Waals surface area contributed by atoms with Crippen molar-refractivity contribution >= 4 is 27.8 Å². The van der Waals surface area contributed by atoms with Crippen molar-refractivity contribution in [3.8, 4) is 5.69 Å². The van der Waals surface area contributed by atoms with Crippen LogP contribution in [0.25, 0.3) is 27.5 Å². The SMILES string of the molecule is Cc1ccc2nc(N)n(-c3cccc4ccncc34)c2c1. The van der Waals surface area contributed by atoms with Crippen LogP contribution in [0.3, 0.4) is 0 Å². The maximum Gasteiger partial charge on any atom is 0.205 e. The molecular formula is C17H14N4. The van der Waals surface area contributed by atoms with E-state index in [0.717, 1.165) is 27.5 Å². The minimum atomic E-state index is 0.493. The van der Waals surface area contributed by atoms with Gasteiger partial charge in [0.25, 0.3) is 0 Å². The summed E-state index contributed by atoms with van der Waals surface area (Å²) in [4.78, 5) is 8.69.